The molecule has 0 atom stereocenters. The average Bonchev–Trinajstić information content (AvgIpc) is 2.72. The van der Waals surface area contributed by atoms with Crippen LogP contribution in [0.25, 0.3) is 0 Å². The van der Waals surface area contributed by atoms with Gasteiger partial charge in [0.05, 0.1) is 13.2 Å². The lowest BCUT2D eigenvalue weighted by Gasteiger charge is -2.30. The molecule has 0 unspecified atom stereocenters. The van der Waals surface area contributed by atoms with Crippen LogP contribution in [0.2, 0.25) is 0 Å². The highest BCUT2D eigenvalue weighted by molar-refractivity contribution is 6.04. The number of carbonyl (C=O) groups is 3. The average molecular weight is 380 g/mol. The van der Waals surface area contributed by atoms with Gasteiger partial charge < -0.3 is 19.5 Å². The fourth-order valence-corrected chi connectivity index (χ4v) is 2.99. The van der Waals surface area contributed by atoms with E-state index in [1.165, 1.54) is 4.90 Å². The molecule has 0 aliphatic carbocycles. The van der Waals surface area contributed by atoms with Crippen molar-refractivity contribution in [1.29, 1.82) is 0 Å². The van der Waals surface area contributed by atoms with E-state index in [4.69, 9.17) is 4.74 Å². The minimum Gasteiger partial charge on any atom is -0.461 e. The molecule has 0 fully saturated rings. The highest BCUT2D eigenvalue weighted by Crippen LogP contribution is 2.23. The number of amides is 2. The molecule has 1 aromatic rings. The number of esters is 1. The van der Waals surface area contributed by atoms with Gasteiger partial charge in [0.25, 0.3) is 0 Å². The molecule has 0 saturated heterocycles. The van der Waals surface area contributed by atoms with Crippen LogP contribution in [0.5, 0.6) is 0 Å². The topological polar surface area (TPSA) is 80.6 Å². The van der Waals surface area contributed by atoms with Gasteiger partial charge in [-0.15, -0.1) is 0 Å². The van der Waals surface area contributed by atoms with Crippen molar-refractivity contribution in [2.75, 3.05) is 13.2 Å². The molecule has 0 aromatic carbocycles. The van der Waals surface area contributed by atoms with Crippen LogP contribution in [0.15, 0.2) is 0 Å². The molecule has 0 saturated carbocycles. The molecular formula is C20H33N3O4. The van der Waals surface area contributed by atoms with Gasteiger partial charge in [-0.1, -0.05) is 0 Å². The van der Waals surface area contributed by atoms with Crippen molar-refractivity contribution in [2.45, 2.75) is 67.0 Å². The summed E-state index contributed by atoms with van der Waals surface area (Å²) in [4.78, 5) is 39.4. The molecule has 2 amide bonds. The van der Waals surface area contributed by atoms with Gasteiger partial charge in [-0.05, 0) is 61.0 Å². The van der Waals surface area contributed by atoms with Gasteiger partial charge >= 0.3 is 12.0 Å². The van der Waals surface area contributed by atoms with Crippen LogP contribution in [-0.4, -0.2) is 52.0 Å². The van der Waals surface area contributed by atoms with Crippen LogP contribution in [0.3, 0.4) is 0 Å². The van der Waals surface area contributed by atoms with E-state index in [1.807, 2.05) is 34.6 Å². The Kier molecular flexibility index (Phi) is 7.23. The number of ketones is 1. The van der Waals surface area contributed by atoms with Gasteiger partial charge in [0.1, 0.15) is 5.69 Å². The summed E-state index contributed by atoms with van der Waals surface area (Å²) in [5, 5.41) is 2.89. The molecule has 0 spiro atoms. The van der Waals surface area contributed by atoms with Crippen molar-refractivity contribution < 1.29 is 19.1 Å². The Labute approximate surface area is 162 Å². The van der Waals surface area contributed by atoms with Gasteiger partial charge in [0.2, 0.25) is 0 Å². The molecule has 0 aliphatic rings. The number of carbonyl (C=O) groups excluding carboxylic acids is 3. The van der Waals surface area contributed by atoms with Crippen LogP contribution in [-0.2, 0) is 11.8 Å². The largest absolute Gasteiger partial charge is 0.461 e. The molecule has 7 heteroatoms. The van der Waals surface area contributed by atoms with Gasteiger partial charge in [0.15, 0.2) is 5.78 Å². The summed E-state index contributed by atoms with van der Waals surface area (Å²) in [5.74, 6) is -0.653. The molecule has 1 aromatic heterocycles. The predicted molar refractivity (Wildman–Crippen MR) is 105 cm³/mol. The lowest BCUT2D eigenvalue weighted by molar-refractivity contribution is 0.0514. The fraction of sp³-hybridized carbons (Fsp3) is 0.650. The molecule has 0 bridgehead atoms. The van der Waals surface area contributed by atoms with Crippen LogP contribution in [0, 0.1) is 13.8 Å². The van der Waals surface area contributed by atoms with E-state index in [-0.39, 0.29) is 31.0 Å². The van der Waals surface area contributed by atoms with Crippen LogP contribution >= 0.6 is 0 Å². The van der Waals surface area contributed by atoms with Gasteiger partial charge in [-0.3, -0.25) is 4.79 Å². The van der Waals surface area contributed by atoms with E-state index in [0.29, 0.717) is 22.5 Å². The summed E-state index contributed by atoms with van der Waals surface area (Å²) >= 11 is 0. The Morgan fingerprint density at radius 2 is 1.74 bits per heavy atom. The third-order valence-corrected chi connectivity index (χ3v) is 4.36. The van der Waals surface area contributed by atoms with Gasteiger partial charge in [0, 0.05) is 29.9 Å². The maximum atomic E-state index is 13.0. The third-order valence-electron chi connectivity index (χ3n) is 4.36. The standard InChI is InChI=1S/C20H33N3O4/c1-10-27-18(25)17-13(4)16(14(5)22(17)9)15(24)11-23(12(2)3)19(26)21-20(6,7)8/h12H,10-11H2,1-9H3,(H,21,26). The zero-order valence-electron chi connectivity index (χ0n) is 18.0. The van der Waals surface area contributed by atoms with E-state index in [2.05, 4.69) is 5.32 Å². The summed E-state index contributed by atoms with van der Waals surface area (Å²) < 4.78 is 6.78. The molecular weight excluding hydrogens is 346 g/mol. The van der Waals surface area contributed by atoms with E-state index >= 15 is 0 Å². The number of ether oxygens (including phenoxy) is 1. The van der Waals surface area contributed by atoms with E-state index in [1.54, 1.807) is 32.4 Å². The Morgan fingerprint density at radius 3 is 2.19 bits per heavy atom. The highest BCUT2D eigenvalue weighted by Gasteiger charge is 2.29. The maximum Gasteiger partial charge on any atom is 0.355 e. The number of hydrogen-bond donors (Lipinski definition) is 1. The predicted octanol–water partition coefficient (Wildman–Crippen LogP) is 3.22. The summed E-state index contributed by atoms with van der Waals surface area (Å²) in [6, 6.07) is -0.437. The molecule has 27 heavy (non-hydrogen) atoms. The third kappa shape index (κ3) is 5.34. The van der Waals surface area contributed by atoms with E-state index < -0.39 is 11.5 Å². The first-order valence-electron chi connectivity index (χ1n) is 9.26. The number of nitrogens with zero attached hydrogens (tertiary/aromatic N) is 2. The fourth-order valence-electron chi connectivity index (χ4n) is 2.99. The van der Waals surface area contributed by atoms with Gasteiger partial charge in [-0.25, -0.2) is 9.59 Å². The number of aromatic nitrogens is 1. The minimum atomic E-state index is -0.453. The van der Waals surface area contributed by atoms with Crippen molar-refractivity contribution in [3.8, 4) is 0 Å². The second-order valence-electron chi connectivity index (χ2n) is 8.04. The van der Waals surface area contributed by atoms with E-state index in [0.717, 1.165) is 0 Å². The monoisotopic (exact) mass is 379 g/mol. The minimum absolute atomic E-state index is 0.0620. The summed E-state index contributed by atoms with van der Waals surface area (Å²) in [6.07, 6.45) is 0. The number of Topliss-reactive ketones (excluding diaryl/α,β-unsaturated/α-hetero) is 1. The Balaban J connectivity index is 3.19. The molecule has 0 aliphatic heterocycles. The first-order chi connectivity index (χ1) is 12.3. The molecule has 1 rings (SSSR count). The van der Waals surface area contributed by atoms with E-state index in [9.17, 15) is 14.4 Å². The Morgan fingerprint density at radius 1 is 1.19 bits per heavy atom. The maximum absolute atomic E-state index is 13.0. The number of nitrogens with one attached hydrogen (secondary N) is 1. The van der Waals surface area contributed by atoms with Gasteiger partial charge in [-0.2, -0.15) is 0 Å². The summed E-state index contributed by atoms with van der Waals surface area (Å²) in [7, 11) is 1.73. The molecule has 1 heterocycles. The second kappa shape index (κ2) is 8.59. The second-order valence-corrected chi connectivity index (χ2v) is 8.04. The molecule has 152 valence electrons. The van der Waals surface area contributed by atoms with Crippen molar-refractivity contribution in [3.05, 3.63) is 22.5 Å². The normalized spacial score (nSPS) is 11.5. The lowest BCUT2D eigenvalue weighted by atomic mass is 10.0. The Bertz CT molecular complexity index is 727. The zero-order chi connectivity index (χ0) is 21.1. The highest BCUT2D eigenvalue weighted by atomic mass is 16.5. The number of rotatable bonds is 6. The number of hydrogen-bond acceptors (Lipinski definition) is 4. The zero-order valence-corrected chi connectivity index (χ0v) is 18.0. The first kappa shape index (κ1) is 22.7. The quantitative estimate of drug-likeness (QED) is 0.608. The molecule has 1 N–H and O–H groups in total. The Hall–Kier alpha value is -2.31. The van der Waals surface area contributed by atoms with Crippen LogP contribution in [0.1, 0.15) is 73.6 Å². The number of urea groups is 1. The van der Waals surface area contributed by atoms with Crippen molar-refractivity contribution in [3.63, 3.8) is 0 Å². The van der Waals surface area contributed by atoms with Crippen LogP contribution in [0.4, 0.5) is 4.79 Å². The summed E-state index contributed by atoms with van der Waals surface area (Å²) in [5.41, 5.74) is 1.70. The van der Waals surface area contributed by atoms with Crippen molar-refractivity contribution in [1.82, 2.24) is 14.8 Å². The molecule has 0 radical (unpaired) electrons. The lowest BCUT2D eigenvalue weighted by Crippen LogP contribution is -2.52. The SMILES string of the molecule is CCOC(=O)c1c(C)c(C(=O)CN(C(=O)NC(C)(C)C)C(C)C)c(C)n1C. The summed E-state index contributed by atoms with van der Waals surface area (Å²) in [6.45, 7) is 14.9. The first-order valence-corrected chi connectivity index (χ1v) is 9.26. The smallest absolute Gasteiger partial charge is 0.355 e. The van der Waals surface area contributed by atoms with Crippen LogP contribution < -0.4 is 5.32 Å². The molecule has 7 nitrogen and oxygen atoms in total. The van der Waals surface area contributed by atoms with Crippen molar-refractivity contribution >= 4 is 17.8 Å². The van der Waals surface area contributed by atoms with Crippen molar-refractivity contribution in [2.24, 2.45) is 7.05 Å².